The van der Waals surface area contributed by atoms with Crippen molar-refractivity contribution in [3.63, 3.8) is 0 Å². The number of amides is 1. The molecule has 2 aromatic carbocycles. The van der Waals surface area contributed by atoms with Crippen LogP contribution in [-0.2, 0) is 16.4 Å². The summed E-state index contributed by atoms with van der Waals surface area (Å²) in [6, 6.07) is 15.8. The molecule has 0 aliphatic rings. The molecule has 28 heavy (non-hydrogen) atoms. The SMILES string of the molecule is CC(C)NS(=O)(=O)c1cccc(C(=O)N(CCN)CCc2ccccc2)c1.Cl. The van der Waals surface area contributed by atoms with E-state index >= 15 is 0 Å². The molecule has 6 nitrogen and oxygen atoms in total. The van der Waals surface area contributed by atoms with E-state index in [9.17, 15) is 13.2 Å². The number of hydrogen-bond donors (Lipinski definition) is 2. The molecule has 0 aromatic heterocycles. The Hall–Kier alpha value is -1.93. The average molecular weight is 426 g/mol. The molecule has 0 aliphatic carbocycles. The summed E-state index contributed by atoms with van der Waals surface area (Å²) in [4.78, 5) is 14.7. The van der Waals surface area contributed by atoms with Gasteiger partial charge in [-0.3, -0.25) is 4.79 Å². The lowest BCUT2D eigenvalue weighted by molar-refractivity contribution is 0.0762. The molecule has 8 heteroatoms. The van der Waals surface area contributed by atoms with Crippen molar-refractivity contribution in [1.82, 2.24) is 9.62 Å². The number of halogens is 1. The van der Waals surface area contributed by atoms with Gasteiger partial charge in [-0.1, -0.05) is 36.4 Å². The maximum absolute atomic E-state index is 12.9. The van der Waals surface area contributed by atoms with Gasteiger partial charge in [0, 0.05) is 31.2 Å². The summed E-state index contributed by atoms with van der Waals surface area (Å²) < 4.78 is 27.3. The third-order valence-corrected chi connectivity index (χ3v) is 5.64. The molecule has 3 N–H and O–H groups in total. The first-order chi connectivity index (χ1) is 12.8. The number of rotatable bonds is 9. The molecule has 0 spiro atoms. The second-order valence-electron chi connectivity index (χ2n) is 6.62. The predicted molar refractivity (Wildman–Crippen MR) is 114 cm³/mol. The van der Waals surface area contributed by atoms with Crippen molar-refractivity contribution in [2.75, 3.05) is 19.6 Å². The normalized spacial score (nSPS) is 11.1. The molecule has 2 rings (SSSR count). The fourth-order valence-electron chi connectivity index (χ4n) is 2.74. The molecule has 0 heterocycles. The molecule has 0 saturated heterocycles. The molecule has 0 saturated carbocycles. The predicted octanol–water partition coefficient (Wildman–Crippen LogP) is 2.44. The van der Waals surface area contributed by atoms with Gasteiger partial charge in [0.25, 0.3) is 5.91 Å². The Labute approximate surface area is 173 Å². The smallest absolute Gasteiger partial charge is 0.253 e. The van der Waals surface area contributed by atoms with Crippen molar-refractivity contribution < 1.29 is 13.2 Å². The minimum Gasteiger partial charge on any atom is -0.337 e. The van der Waals surface area contributed by atoms with Gasteiger partial charge in [-0.15, -0.1) is 12.4 Å². The van der Waals surface area contributed by atoms with Gasteiger partial charge in [-0.2, -0.15) is 0 Å². The minimum absolute atomic E-state index is 0. The highest BCUT2D eigenvalue weighted by Gasteiger charge is 2.20. The van der Waals surface area contributed by atoms with Gasteiger partial charge in [0.2, 0.25) is 10.0 Å². The molecular weight excluding hydrogens is 398 g/mol. The quantitative estimate of drug-likeness (QED) is 0.645. The molecule has 1 amide bonds. The average Bonchev–Trinajstić information content (AvgIpc) is 2.64. The number of carbonyl (C=O) groups is 1. The summed E-state index contributed by atoms with van der Waals surface area (Å²) >= 11 is 0. The van der Waals surface area contributed by atoms with E-state index in [1.54, 1.807) is 30.9 Å². The summed E-state index contributed by atoms with van der Waals surface area (Å²) in [5.41, 5.74) is 7.13. The lowest BCUT2D eigenvalue weighted by Gasteiger charge is -2.22. The Bertz CT molecular complexity index is 858. The third-order valence-electron chi connectivity index (χ3n) is 3.98. The van der Waals surface area contributed by atoms with Crippen LogP contribution in [0.3, 0.4) is 0 Å². The first kappa shape index (κ1) is 24.1. The maximum atomic E-state index is 12.9. The molecule has 0 fully saturated rings. The first-order valence-corrected chi connectivity index (χ1v) is 10.5. The molecule has 0 radical (unpaired) electrons. The van der Waals surface area contributed by atoms with Crippen LogP contribution in [0, 0.1) is 0 Å². The Morgan fingerprint density at radius 1 is 1.07 bits per heavy atom. The van der Waals surface area contributed by atoms with Crippen LogP contribution < -0.4 is 10.5 Å². The highest BCUT2D eigenvalue weighted by atomic mass is 35.5. The standard InChI is InChI=1S/C20H27N3O3S.ClH/c1-16(2)22-27(25,26)19-10-6-9-18(15-19)20(24)23(14-12-21)13-11-17-7-4-3-5-8-17;/h3-10,15-16,22H,11-14,21H2,1-2H3;1H. The summed E-state index contributed by atoms with van der Waals surface area (Å²) in [6.45, 7) is 4.76. The zero-order chi connectivity index (χ0) is 19.9. The van der Waals surface area contributed by atoms with E-state index in [0.717, 1.165) is 5.56 Å². The van der Waals surface area contributed by atoms with Gasteiger partial charge in [-0.25, -0.2) is 13.1 Å². The number of nitrogens with one attached hydrogen (secondary N) is 1. The monoisotopic (exact) mass is 425 g/mol. The highest BCUT2D eigenvalue weighted by Crippen LogP contribution is 2.14. The minimum atomic E-state index is -3.65. The van der Waals surface area contributed by atoms with Gasteiger partial charge >= 0.3 is 0 Å². The van der Waals surface area contributed by atoms with Crippen LogP contribution in [0.1, 0.15) is 29.8 Å². The lowest BCUT2D eigenvalue weighted by atomic mass is 10.1. The van der Waals surface area contributed by atoms with Crippen LogP contribution in [0.5, 0.6) is 0 Å². The van der Waals surface area contributed by atoms with E-state index in [4.69, 9.17) is 5.73 Å². The topological polar surface area (TPSA) is 92.5 Å². The van der Waals surface area contributed by atoms with Crippen LogP contribution in [0.15, 0.2) is 59.5 Å². The summed E-state index contributed by atoms with van der Waals surface area (Å²) in [5.74, 6) is -0.224. The van der Waals surface area contributed by atoms with E-state index in [1.807, 2.05) is 30.3 Å². The number of hydrogen-bond acceptors (Lipinski definition) is 4. The molecule has 0 unspecified atom stereocenters. The fraction of sp³-hybridized carbons (Fsp3) is 0.350. The van der Waals surface area contributed by atoms with E-state index in [2.05, 4.69) is 4.72 Å². The van der Waals surface area contributed by atoms with E-state index in [0.29, 0.717) is 31.6 Å². The van der Waals surface area contributed by atoms with Gasteiger partial charge in [0.05, 0.1) is 4.90 Å². The molecule has 0 atom stereocenters. The van der Waals surface area contributed by atoms with Gasteiger partial charge in [0.15, 0.2) is 0 Å². The maximum Gasteiger partial charge on any atom is 0.253 e. The van der Waals surface area contributed by atoms with Gasteiger partial charge < -0.3 is 10.6 Å². The molecule has 154 valence electrons. The summed E-state index contributed by atoms with van der Waals surface area (Å²) in [7, 11) is -3.65. The molecular formula is C20H28ClN3O3S. The number of sulfonamides is 1. The number of benzene rings is 2. The number of carbonyl (C=O) groups excluding carboxylic acids is 1. The van der Waals surface area contributed by atoms with Crippen molar-refractivity contribution in [2.24, 2.45) is 5.73 Å². The van der Waals surface area contributed by atoms with Crippen LogP contribution in [0.4, 0.5) is 0 Å². The zero-order valence-corrected chi connectivity index (χ0v) is 17.8. The second kappa shape index (κ2) is 11.2. The summed E-state index contributed by atoms with van der Waals surface area (Å²) in [5, 5.41) is 0. The third kappa shape index (κ3) is 6.91. The van der Waals surface area contributed by atoms with Crippen molar-refractivity contribution in [2.45, 2.75) is 31.2 Å². The molecule has 2 aromatic rings. The molecule has 0 bridgehead atoms. The first-order valence-electron chi connectivity index (χ1n) is 8.99. The van der Waals surface area contributed by atoms with Gasteiger partial charge in [-0.05, 0) is 44.0 Å². The molecule has 0 aliphatic heterocycles. The largest absolute Gasteiger partial charge is 0.337 e. The Morgan fingerprint density at radius 3 is 2.36 bits per heavy atom. The lowest BCUT2D eigenvalue weighted by Crippen LogP contribution is -2.37. The van der Waals surface area contributed by atoms with Crippen molar-refractivity contribution in [1.29, 1.82) is 0 Å². The van der Waals surface area contributed by atoms with Crippen LogP contribution in [0.2, 0.25) is 0 Å². The fourth-order valence-corrected chi connectivity index (χ4v) is 4.03. The van der Waals surface area contributed by atoms with Crippen LogP contribution in [-0.4, -0.2) is 44.9 Å². The van der Waals surface area contributed by atoms with Crippen LogP contribution in [0.25, 0.3) is 0 Å². The van der Waals surface area contributed by atoms with E-state index in [1.165, 1.54) is 12.1 Å². The zero-order valence-electron chi connectivity index (χ0n) is 16.2. The Kier molecular flexibility index (Phi) is 9.61. The van der Waals surface area contributed by atoms with E-state index < -0.39 is 10.0 Å². The second-order valence-corrected chi connectivity index (χ2v) is 8.33. The van der Waals surface area contributed by atoms with Crippen molar-refractivity contribution in [3.8, 4) is 0 Å². The van der Waals surface area contributed by atoms with Crippen molar-refractivity contribution in [3.05, 3.63) is 65.7 Å². The summed E-state index contributed by atoms with van der Waals surface area (Å²) in [6.07, 6.45) is 0.708. The van der Waals surface area contributed by atoms with Crippen LogP contribution >= 0.6 is 12.4 Å². The Balaban J connectivity index is 0.00000392. The Morgan fingerprint density at radius 2 is 1.75 bits per heavy atom. The van der Waals surface area contributed by atoms with E-state index in [-0.39, 0.29) is 29.3 Å². The highest BCUT2D eigenvalue weighted by molar-refractivity contribution is 7.89. The number of nitrogens with two attached hydrogens (primary N) is 1. The van der Waals surface area contributed by atoms with Crippen molar-refractivity contribution >= 4 is 28.3 Å². The number of nitrogens with zero attached hydrogens (tertiary/aromatic N) is 1. The van der Waals surface area contributed by atoms with Gasteiger partial charge in [0.1, 0.15) is 0 Å².